The van der Waals surface area contributed by atoms with E-state index in [2.05, 4.69) is 29.0 Å². The molecule has 2 N–H and O–H groups in total. The van der Waals surface area contributed by atoms with E-state index in [9.17, 15) is 0 Å². The zero-order valence-electron chi connectivity index (χ0n) is 18.5. The lowest BCUT2D eigenvalue weighted by Gasteiger charge is -2.12. The van der Waals surface area contributed by atoms with Crippen molar-refractivity contribution in [3.8, 4) is 0 Å². The highest BCUT2D eigenvalue weighted by Gasteiger charge is 2.20. The van der Waals surface area contributed by atoms with Crippen LogP contribution in [0.5, 0.6) is 0 Å². The SMILES string of the molecule is COC1=CC(c2ccc[nH]2)=N/C1=C/c1[nH]c2cc1C(C)CCCCCCCCCC2. The summed E-state index contributed by atoms with van der Waals surface area (Å²) in [5, 5.41) is 0. The lowest BCUT2D eigenvalue weighted by molar-refractivity contribution is 0.303. The smallest absolute Gasteiger partial charge is 0.146 e. The van der Waals surface area contributed by atoms with Gasteiger partial charge in [0.25, 0.3) is 0 Å². The van der Waals surface area contributed by atoms with E-state index in [1.165, 1.54) is 74.7 Å². The molecule has 2 aliphatic rings. The average Bonchev–Trinajstić information content (AvgIpc) is 3.48. The van der Waals surface area contributed by atoms with Crippen LogP contribution in [0, 0.1) is 0 Å². The van der Waals surface area contributed by atoms with Crippen molar-refractivity contribution < 1.29 is 4.74 Å². The van der Waals surface area contributed by atoms with E-state index < -0.39 is 0 Å². The fourth-order valence-electron chi connectivity index (χ4n) is 4.64. The number of rotatable bonds is 3. The summed E-state index contributed by atoms with van der Waals surface area (Å²) in [4.78, 5) is 11.8. The van der Waals surface area contributed by atoms with Crippen molar-refractivity contribution in [3.63, 3.8) is 0 Å². The van der Waals surface area contributed by atoms with Gasteiger partial charge < -0.3 is 14.7 Å². The maximum absolute atomic E-state index is 5.65. The first kappa shape index (κ1) is 20.8. The summed E-state index contributed by atoms with van der Waals surface area (Å²) < 4.78 is 5.65. The van der Waals surface area contributed by atoms with Crippen molar-refractivity contribution in [1.29, 1.82) is 0 Å². The molecule has 2 bridgehead atoms. The molecule has 4 rings (SSSR count). The number of aryl methyl sites for hydroxylation is 1. The Kier molecular flexibility index (Phi) is 6.93. The lowest BCUT2D eigenvalue weighted by Crippen LogP contribution is -1.96. The van der Waals surface area contributed by atoms with Crippen LogP contribution in [0.2, 0.25) is 0 Å². The molecule has 30 heavy (non-hydrogen) atoms. The van der Waals surface area contributed by atoms with Crippen LogP contribution in [0.1, 0.15) is 93.3 Å². The van der Waals surface area contributed by atoms with Gasteiger partial charge in [-0.1, -0.05) is 51.9 Å². The Morgan fingerprint density at radius 2 is 1.83 bits per heavy atom. The van der Waals surface area contributed by atoms with Crippen LogP contribution in [0.4, 0.5) is 0 Å². The number of aromatic amines is 2. The highest BCUT2D eigenvalue weighted by atomic mass is 16.5. The molecule has 1 atom stereocenters. The predicted molar refractivity (Wildman–Crippen MR) is 125 cm³/mol. The van der Waals surface area contributed by atoms with Gasteiger partial charge in [0, 0.05) is 23.7 Å². The van der Waals surface area contributed by atoms with Crippen molar-refractivity contribution in [2.75, 3.05) is 7.11 Å². The monoisotopic (exact) mass is 405 g/mol. The topological polar surface area (TPSA) is 53.2 Å². The van der Waals surface area contributed by atoms with Gasteiger partial charge in [-0.15, -0.1) is 0 Å². The van der Waals surface area contributed by atoms with Gasteiger partial charge in [-0.05, 0) is 55.0 Å². The molecule has 0 saturated carbocycles. The average molecular weight is 406 g/mol. The molecule has 1 aliphatic heterocycles. The van der Waals surface area contributed by atoms with E-state index in [0.717, 1.165) is 29.3 Å². The van der Waals surface area contributed by atoms with Crippen molar-refractivity contribution >= 4 is 11.8 Å². The summed E-state index contributed by atoms with van der Waals surface area (Å²) >= 11 is 0. The molecule has 4 nitrogen and oxygen atoms in total. The number of aromatic nitrogens is 2. The number of ether oxygens (including phenoxy) is 1. The second kappa shape index (κ2) is 10.0. The van der Waals surface area contributed by atoms with E-state index in [-0.39, 0.29) is 0 Å². The third kappa shape index (κ3) is 4.97. The molecule has 0 radical (unpaired) electrons. The van der Waals surface area contributed by atoms with Crippen LogP contribution >= 0.6 is 0 Å². The summed E-state index contributed by atoms with van der Waals surface area (Å²) in [6, 6.07) is 6.44. The van der Waals surface area contributed by atoms with Gasteiger partial charge in [0.1, 0.15) is 11.5 Å². The summed E-state index contributed by atoms with van der Waals surface area (Å²) in [6.07, 6.45) is 19.3. The summed E-state index contributed by atoms with van der Waals surface area (Å²) in [6.45, 7) is 2.37. The number of methoxy groups -OCH3 is 1. The number of nitrogens with zero attached hydrogens (tertiary/aromatic N) is 1. The van der Waals surface area contributed by atoms with Gasteiger partial charge in [0.2, 0.25) is 0 Å². The molecule has 2 aromatic rings. The third-order valence-corrected chi connectivity index (χ3v) is 6.44. The normalized spacial score (nSPS) is 22.5. The number of hydrogen-bond donors (Lipinski definition) is 2. The Morgan fingerprint density at radius 1 is 1.07 bits per heavy atom. The second-order valence-corrected chi connectivity index (χ2v) is 8.75. The van der Waals surface area contributed by atoms with E-state index in [4.69, 9.17) is 9.73 Å². The highest BCUT2D eigenvalue weighted by Crippen LogP contribution is 2.31. The molecule has 0 aromatic carbocycles. The van der Waals surface area contributed by atoms with Gasteiger partial charge in [-0.3, -0.25) is 0 Å². The summed E-state index contributed by atoms with van der Waals surface area (Å²) in [7, 11) is 1.72. The van der Waals surface area contributed by atoms with Crippen LogP contribution in [-0.4, -0.2) is 22.8 Å². The maximum Gasteiger partial charge on any atom is 0.146 e. The fourth-order valence-corrected chi connectivity index (χ4v) is 4.64. The molecule has 1 unspecified atom stereocenters. The summed E-state index contributed by atoms with van der Waals surface area (Å²) in [5.41, 5.74) is 6.80. The Hall–Kier alpha value is -2.49. The van der Waals surface area contributed by atoms with Crippen LogP contribution in [0.15, 0.2) is 46.9 Å². The largest absolute Gasteiger partial charge is 0.494 e. The van der Waals surface area contributed by atoms with Crippen LogP contribution in [0.3, 0.4) is 0 Å². The second-order valence-electron chi connectivity index (χ2n) is 8.75. The van der Waals surface area contributed by atoms with E-state index >= 15 is 0 Å². The quantitative estimate of drug-likeness (QED) is 0.574. The first-order chi connectivity index (χ1) is 14.7. The molecule has 0 spiro atoms. The minimum absolute atomic E-state index is 0.549. The summed E-state index contributed by atoms with van der Waals surface area (Å²) in [5.74, 6) is 1.37. The minimum atomic E-state index is 0.549. The molecule has 4 heteroatoms. The Morgan fingerprint density at radius 3 is 2.57 bits per heavy atom. The zero-order valence-corrected chi connectivity index (χ0v) is 18.5. The predicted octanol–water partition coefficient (Wildman–Crippen LogP) is 6.89. The number of hydrogen-bond acceptors (Lipinski definition) is 2. The zero-order chi connectivity index (χ0) is 20.8. The molecule has 0 amide bonds. The van der Waals surface area contributed by atoms with Crippen LogP contribution < -0.4 is 0 Å². The Balaban J connectivity index is 1.63. The molecule has 0 fully saturated rings. The fraction of sp³-hybridized carbons (Fsp3) is 0.500. The molecule has 160 valence electrons. The van der Waals surface area contributed by atoms with E-state index in [1.54, 1.807) is 7.11 Å². The van der Waals surface area contributed by atoms with Crippen molar-refractivity contribution in [1.82, 2.24) is 9.97 Å². The number of fused-ring (bicyclic) bond motifs is 2. The van der Waals surface area contributed by atoms with E-state index in [1.807, 2.05) is 24.4 Å². The molecule has 2 aromatic heterocycles. The first-order valence-electron chi connectivity index (χ1n) is 11.7. The molecular formula is C26H35N3O. The Labute approximate surface area is 180 Å². The van der Waals surface area contributed by atoms with E-state index in [0.29, 0.717) is 5.92 Å². The molecular weight excluding hydrogens is 370 g/mol. The number of allylic oxidation sites excluding steroid dienone is 1. The van der Waals surface area contributed by atoms with Gasteiger partial charge in [-0.25, -0.2) is 4.99 Å². The van der Waals surface area contributed by atoms with Gasteiger partial charge in [0.15, 0.2) is 0 Å². The highest BCUT2D eigenvalue weighted by molar-refractivity contribution is 6.11. The maximum atomic E-state index is 5.65. The molecule has 3 heterocycles. The van der Waals surface area contributed by atoms with Crippen molar-refractivity contribution in [2.24, 2.45) is 4.99 Å². The number of aliphatic imine (C=N–C) groups is 1. The lowest BCUT2D eigenvalue weighted by atomic mass is 9.93. The standard InChI is InChI=1S/C26H35N3O/c1-19-12-9-7-5-3-4-6-8-10-13-20-16-21(19)23(28-20)17-25-26(30-2)18-24(29-25)22-14-11-15-27-22/h11,14-19,27-28H,3-10,12-13H2,1-2H3/b25-17+. The minimum Gasteiger partial charge on any atom is -0.494 e. The number of nitrogens with one attached hydrogen (secondary N) is 2. The van der Waals surface area contributed by atoms with Gasteiger partial charge in [-0.2, -0.15) is 0 Å². The molecule has 1 aliphatic carbocycles. The van der Waals surface area contributed by atoms with Crippen molar-refractivity contribution in [3.05, 3.63) is 64.6 Å². The van der Waals surface area contributed by atoms with Crippen LogP contribution in [-0.2, 0) is 11.2 Å². The van der Waals surface area contributed by atoms with Crippen LogP contribution in [0.25, 0.3) is 6.08 Å². The van der Waals surface area contributed by atoms with Gasteiger partial charge in [0.05, 0.1) is 18.5 Å². The van der Waals surface area contributed by atoms with Crippen molar-refractivity contribution in [2.45, 2.75) is 77.0 Å². The first-order valence-corrected chi connectivity index (χ1v) is 11.7. The number of H-pyrrole nitrogens is 2. The van der Waals surface area contributed by atoms with Gasteiger partial charge >= 0.3 is 0 Å². The third-order valence-electron chi connectivity index (χ3n) is 6.44. The molecule has 0 saturated heterocycles. The Bertz CT molecular complexity index is 914.